The second kappa shape index (κ2) is 11.8. The van der Waals surface area contributed by atoms with Crippen LogP contribution in [-0.2, 0) is 34.8 Å². The lowest BCUT2D eigenvalue weighted by atomic mass is 9.86. The molecule has 4 rings (SSSR count). The Balaban J connectivity index is 1.94. The molecule has 0 aliphatic rings. The van der Waals surface area contributed by atoms with Crippen LogP contribution in [0, 0.1) is 9.54 Å². The number of aromatic carboxylic acids is 1. The number of hydrogen-bond acceptors (Lipinski definition) is 8. The van der Waals surface area contributed by atoms with Crippen LogP contribution < -0.4 is 15.9 Å². The molecule has 11 nitrogen and oxygen atoms in total. The predicted octanol–water partition coefficient (Wildman–Crippen LogP) is 4.40. The Hall–Kier alpha value is -3.91. The number of aromatic hydroxyl groups is 2. The first-order chi connectivity index (χ1) is 19.7. The molecule has 2 aromatic heterocycles. The number of carbonyl (C=O) groups is 1. The third-order valence-electron chi connectivity index (χ3n) is 6.85. The molecule has 2 heterocycles. The van der Waals surface area contributed by atoms with E-state index in [1.165, 1.54) is 61.6 Å². The maximum atomic E-state index is 13.6. The second-order valence-electron chi connectivity index (χ2n) is 9.42. The van der Waals surface area contributed by atoms with Gasteiger partial charge in [-0.15, -0.1) is 0 Å². The maximum Gasteiger partial charge on any atom is 0.335 e. The van der Waals surface area contributed by atoms with E-state index in [0.717, 1.165) is 9.13 Å². The molecule has 0 radical (unpaired) electrons. The molecular formula is C27H24Cl2N4O7S2. The molecule has 15 heteroatoms. The monoisotopic (exact) mass is 650 g/mol. The summed E-state index contributed by atoms with van der Waals surface area (Å²) in [5.41, 5.74) is -1.03. The zero-order valence-electron chi connectivity index (χ0n) is 22.6. The summed E-state index contributed by atoms with van der Waals surface area (Å²) in [6.45, 7) is -0.00294. The Morgan fingerprint density at radius 2 is 1.26 bits per heavy atom. The van der Waals surface area contributed by atoms with Crippen molar-refractivity contribution in [1.29, 1.82) is 0 Å². The lowest BCUT2D eigenvalue weighted by Gasteiger charge is -2.24. The minimum absolute atomic E-state index is 0.00294. The van der Waals surface area contributed by atoms with Crippen molar-refractivity contribution in [3.8, 4) is 17.5 Å². The third kappa shape index (κ3) is 5.36. The molecule has 0 amide bonds. The number of ether oxygens (including phenoxy) is 1. The van der Waals surface area contributed by atoms with Gasteiger partial charge in [0.05, 0.1) is 32.7 Å². The second-order valence-corrected chi connectivity index (χ2v) is 11.0. The van der Waals surface area contributed by atoms with Crippen molar-refractivity contribution in [3.05, 3.63) is 105 Å². The Morgan fingerprint density at radius 1 is 0.833 bits per heavy atom. The number of halogens is 2. The van der Waals surface area contributed by atoms with Gasteiger partial charge in [0.1, 0.15) is 6.61 Å². The number of carboxylic acid groups (broad SMARTS) is 1. The lowest BCUT2D eigenvalue weighted by Crippen LogP contribution is -2.33. The highest BCUT2D eigenvalue weighted by Crippen LogP contribution is 2.42. The predicted molar refractivity (Wildman–Crippen MR) is 161 cm³/mol. The first kappa shape index (κ1) is 31.0. The van der Waals surface area contributed by atoms with Gasteiger partial charge in [0, 0.05) is 28.2 Å². The minimum Gasteiger partial charge on any atom is -0.494 e. The van der Waals surface area contributed by atoms with E-state index >= 15 is 0 Å². The van der Waals surface area contributed by atoms with Gasteiger partial charge in [0.2, 0.25) is 11.8 Å². The van der Waals surface area contributed by atoms with Crippen LogP contribution in [0.5, 0.6) is 17.5 Å². The third-order valence-corrected chi connectivity index (χ3v) is 8.51. The Labute approximate surface area is 258 Å². The summed E-state index contributed by atoms with van der Waals surface area (Å²) in [7, 11) is 5.72. The van der Waals surface area contributed by atoms with Crippen molar-refractivity contribution in [2.24, 2.45) is 28.2 Å². The van der Waals surface area contributed by atoms with Crippen LogP contribution in [0.3, 0.4) is 0 Å². The summed E-state index contributed by atoms with van der Waals surface area (Å²) in [6, 6.07) is 8.83. The fourth-order valence-electron chi connectivity index (χ4n) is 4.48. The summed E-state index contributed by atoms with van der Waals surface area (Å²) in [6.07, 6.45) is 0. The van der Waals surface area contributed by atoms with Crippen molar-refractivity contribution < 1.29 is 24.9 Å². The molecule has 3 N–H and O–H groups in total. The van der Waals surface area contributed by atoms with Gasteiger partial charge in [-0.3, -0.25) is 27.9 Å². The average molecular weight is 652 g/mol. The quantitative estimate of drug-likeness (QED) is 0.248. The van der Waals surface area contributed by atoms with E-state index in [2.05, 4.69) is 0 Å². The molecule has 0 bridgehead atoms. The van der Waals surface area contributed by atoms with E-state index < -0.39 is 34.8 Å². The van der Waals surface area contributed by atoms with Crippen molar-refractivity contribution in [2.75, 3.05) is 0 Å². The van der Waals surface area contributed by atoms with Gasteiger partial charge >= 0.3 is 5.97 Å². The SMILES string of the molecule is Cn1c(O)c(C(c2cc(Cl)c(OCc3ccc(C(=O)O)cc3)c(Cl)c2)c2c(O)n(C)c(=S)n(C)c2=O)c(=O)n(C)c1=S. The van der Waals surface area contributed by atoms with Crippen molar-refractivity contribution in [2.45, 2.75) is 12.5 Å². The van der Waals surface area contributed by atoms with E-state index in [4.69, 9.17) is 57.5 Å². The first-order valence-corrected chi connectivity index (χ1v) is 13.7. The number of rotatable bonds is 7. The summed E-state index contributed by atoms with van der Waals surface area (Å²) in [5, 5.41) is 31.4. The van der Waals surface area contributed by atoms with E-state index in [0.29, 0.717) is 5.56 Å². The number of carboxylic acids is 1. The van der Waals surface area contributed by atoms with Crippen LogP contribution >= 0.6 is 47.6 Å². The van der Waals surface area contributed by atoms with E-state index in [1.807, 2.05) is 0 Å². The Kier molecular flexibility index (Phi) is 8.69. The van der Waals surface area contributed by atoms with Crippen LogP contribution in [0.2, 0.25) is 10.0 Å². The van der Waals surface area contributed by atoms with Gasteiger partial charge in [0.25, 0.3) is 11.1 Å². The molecular weight excluding hydrogens is 627 g/mol. The van der Waals surface area contributed by atoms with Gasteiger partial charge in [-0.25, -0.2) is 4.79 Å². The summed E-state index contributed by atoms with van der Waals surface area (Å²) in [4.78, 5) is 38.2. The van der Waals surface area contributed by atoms with Gasteiger partial charge in [-0.2, -0.15) is 0 Å². The van der Waals surface area contributed by atoms with Crippen LogP contribution in [0.25, 0.3) is 0 Å². The van der Waals surface area contributed by atoms with Crippen LogP contribution in [-0.4, -0.2) is 39.6 Å². The summed E-state index contributed by atoms with van der Waals surface area (Å²) >= 11 is 23.7. The Morgan fingerprint density at radius 3 is 1.67 bits per heavy atom. The molecule has 0 saturated heterocycles. The molecule has 42 heavy (non-hydrogen) atoms. The highest BCUT2D eigenvalue weighted by molar-refractivity contribution is 7.71. The zero-order chi connectivity index (χ0) is 31.2. The molecule has 2 aromatic carbocycles. The topological polar surface area (TPSA) is 141 Å². The van der Waals surface area contributed by atoms with E-state index in [1.54, 1.807) is 12.1 Å². The van der Waals surface area contributed by atoms with Gasteiger partial charge in [0.15, 0.2) is 15.3 Å². The van der Waals surface area contributed by atoms with Crippen LogP contribution in [0.1, 0.15) is 38.5 Å². The van der Waals surface area contributed by atoms with Gasteiger partial charge in [-0.1, -0.05) is 35.3 Å². The van der Waals surface area contributed by atoms with E-state index in [-0.39, 0.29) is 54.2 Å². The molecule has 4 aromatic rings. The van der Waals surface area contributed by atoms with Crippen LogP contribution in [0.4, 0.5) is 0 Å². The Bertz CT molecular complexity index is 1890. The fraction of sp³-hybridized carbons (Fsp3) is 0.222. The molecule has 0 spiro atoms. The molecule has 0 saturated carbocycles. The standard InChI is InChI=1S/C27H24Cl2N4O7S2/c1-30-21(34)18(22(35)31(2)26(30)41)17(19-23(36)32(3)27(42)33(4)24(19)37)14-9-15(28)20(16(29)10-14)40-11-12-5-7-13(8-6-12)25(38)39/h5-10,17,34,36H,11H2,1-4H3,(H,38,39). The maximum absolute atomic E-state index is 13.6. The number of benzene rings is 2. The summed E-state index contributed by atoms with van der Waals surface area (Å²) < 4.78 is 10.5. The molecule has 0 aliphatic carbocycles. The minimum atomic E-state index is -1.38. The molecule has 0 aliphatic heterocycles. The summed E-state index contributed by atoms with van der Waals surface area (Å²) in [5.74, 6) is -3.42. The molecule has 0 atom stereocenters. The normalized spacial score (nSPS) is 11.2. The lowest BCUT2D eigenvalue weighted by molar-refractivity contribution is 0.0696. The highest BCUT2D eigenvalue weighted by Gasteiger charge is 2.33. The average Bonchev–Trinajstić information content (AvgIpc) is 2.96. The number of hydrogen-bond donors (Lipinski definition) is 3. The zero-order valence-corrected chi connectivity index (χ0v) is 25.7. The van der Waals surface area contributed by atoms with Gasteiger partial charge in [-0.05, 0) is 59.8 Å². The van der Waals surface area contributed by atoms with E-state index in [9.17, 15) is 24.6 Å². The number of aromatic nitrogens is 4. The first-order valence-electron chi connectivity index (χ1n) is 12.1. The van der Waals surface area contributed by atoms with Crippen molar-refractivity contribution in [1.82, 2.24) is 18.3 Å². The molecule has 220 valence electrons. The van der Waals surface area contributed by atoms with Crippen molar-refractivity contribution >= 4 is 53.6 Å². The number of nitrogens with zero attached hydrogens (tertiary/aromatic N) is 4. The molecule has 0 fully saturated rings. The largest absolute Gasteiger partial charge is 0.494 e. The molecule has 0 unspecified atom stereocenters. The fourth-order valence-corrected chi connectivity index (χ4v) is 5.44. The highest BCUT2D eigenvalue weighted by atomic mass is 35.5. The van der Waals surface area contributed by atoms with Crippen LogP contribution in [0.15, 0.2) is 46.0 Å². The van der Waals surface area contributed by atoms with Crippen molar-refractivity contribution in [3.63, 3.8) is 0 Å². The van der Waals surface area contributed by atoms with Gasteiger partial charge < -0.3 is 20.1 Å². The smallest absolute Gasteiger partial charge is 0.335 e.